The van der Waals surface area contributed by atoms with E-state index in [4.69, 9.17) is 4.74 Å². The Bertz CT molecular complexity index is 162. The molecule has 76 valence electrons. The summed E-state index contributed by atoms with van der Waals surface area (Å²) in [4.78, 5) is 13.1. The van der Waals surface area contributed by atoms with Crippen molar-refractivity contribution in [2.45, 2.75) is 13.3 Å². The van der Waals surface area contributed by atoms with Crippen molar-refractivity contribution in [3.05, 3.63) is 0 Å². The van der Waals surface area contributed by atoms with E-state index in [-0.39, 0.29) is 5.91 Å². The highest BCUT2D eigenvalue weighted by Gasteiger charge is 2.16. The topological polar surface area (TPSA) is 41.6 Å². The van der Waals surface area contributed by atoms with Crippen molar-refractivity contribution >= 4 is 5.91 Å². The maximum Gasteiger partial charge on any atom is 0.236 e. The first kappa shape index (κ1) is 10.5. The SMILES string of the molecule is CCCOCCN1CCNCC1=O. The van der Waals surface area contributed by atoms with Crippen molar-refractivity contribution in [2.24, 2.45) is 0 Å². The summed E-state index contributed by atoms with van der Waals surface area (Å²) in [6.45, 7) is 6.47. The molecular weight excluding hydrogens is 168 g/mol. The van der Waals surface area contributed by atoms with Gasteiger partial charge in [0.05, 0.1) is 13.2 Å². The third kappa shape index (κ3) is 3.74. The summed E-state index contributed by atoms with van der Waals surface area (Å²) in [5, 5.41) is 3.03. The number of hydrogen-bond acceptors (Lipinski definition) is 3. The number of amides is 1. The van der Waals surface area contributed by atoms with Gasteiger partial charge in [-0.15, -0.1) is 0 Å². The maximum absolute atomic E-state index is 11.3. The van der Waals surface area contributed by atoms with E-state index >= 15 is 0 Å². The van der Waals surface area contributed by atoms with Gasteiger partial charge in [-0.25, -0.2) is 0 Å². The van der Waals surface area contributed by atoms with Gasteiger partial charge < -0.3 is 15.0 Å². The van der Waals surface area contributed by atoms with E-state index in [0.717, 1.165) is 32.7 Å². The second-order valence-corrected chi connectivity index (χ2v) is 3.17. The maximum atomic E-state index is 11.3. The van der Waals surface area contributed by atoms with Crippen molar-refractivity contribution in [3.8, 4) is 0 Å². The quantitative estimate of drug-likeness (QED) is 0.607. The fraction of sp³-hybridized carbons (Fsp3) is 0.889. The van der Waals surface area contributed by atoms with Gasteiger partial charge in [0.25, 0.3) is 0 Å². The zero-order chi connectivity index (χ0) is 9.52. The molecule has 1 aliphatic rings. The van der Waals surface area contributed by atoms with E-state index in [1.54, 1.807) is 0 Å². The van der Waals surface area contributed by atoms with Crippen LogP contribution in [0.15, 0.2) is 0 Å². The van der Waals surface area contributed by atoms with Crippen LogP contribution >= 0.6 is 0 Å². The van der Waals surface area contributed by atoms with Crippen molar-refractivity contribution < 1.29 is 9.53 Å². The Kier molecular flexibility index (Phi) is 4.78. The minimum atomic E-state index is 0.186. The molecule has 1 N–H and O–H groups in total. The number of carbonyl (C=O) groups excluding carboxylic acids is 1. The summed E-state index contributed by atoms with van der Waals surface area (Å²) in [6.07, 6.45) is 1.04. The number of hydrogen-bond donors (Lipinski definition) is 1. The van der Waals surface area contributed by atoms with Gasteiger partial charge in [0.2, 0.25) is 5.91 Å². The number of nitrogens with zero attached hydrogens (tertiary/aromatic N) is 1. The van der Waals surface area contributed by atoms with E-state index < -0.39 is 0 Å². The van der Waals surface area contributed by atoms with Gasteiger partial charge in [-0.2, -0.15) is 0 Å². The smallest absolute Gasteiger partial charge is 0.236 e. The number of rotatable bonds is 5. The second-order valence-electron chi connectivity index (χ2n) is 3.17. The number of ether oxygens (including phenoxy) is 1. The minimum absolute atomic E-state index is 0.186. The average molecular weight is 186 g/mol. The van der Waals surface area contributed by atoms with Gasteiger partial charge in [0, 0.05) is 26.2 Å². The molecule has 1 rings (SSSR count). The van der Waals surface area contributed by atoms with Gasteiger partial charge in [-0.05, 0) is 6.42 Å². The van der Waals surface area contributed by atoms with Crippen molar-refractivity contribution in [1.82, 2.24) is 10.2 Å². The molecule has 0 bridgehead atoms. The summed E-state index contributed by atoms with van der Waals surface area (Å²) >= 11 is 0. The van der Waals surface area contributed by atoms with Gasteiger partial charge in [0.1, 0.15) is 0 Å². The summed E-state index contributed by atoms with van der Waals surface area (Å²) in [5.41, 5.74) is 0. The van der Waals surface area contributed by atoms with Crippen LogP contribution in [0.3, 0.4) is 0 Å². The zero-order valence-electron chi connectivity index (χ0n) is 8.21. The Labute approximate surface area is 79.2 Å². The molecule has 4 heteroatoms. The van der Waals surface area contributed by atoms with Crippen LogP contribution in [0, 0.1) is 0 Å². The van der Waals surface area contributed by atoms with E-state index in [1.807, 2.05) is 4.90 Å². The molecule has 0 atom stereocenters. The molecule has 0 spiro atoms. The first-order valence-corrected chi connectivity index (χ1v) is 4.91. The predicted octanol–water partition coefficient (Wildman–Crippen LogP) is -0.155. The molecule has 1 saturated heterocycles. The molecule has 0 unspecified atom stereocenters. The molecule has 0 radical (unpaired) electrons. The Morgan fingerprint density at radius 2 is 2.38 bits per heavy atom. The third-order valence-corrected chi connectivity index (χ3v) is 2.04. The van der Waals surface area contributed by atoms with E-state index in [9.17, 15) is 4.79 Å². The van der Waals surface area contributed by atoms with Crippen LogP contribution in [-0.2, 0) is 9.53 Å². The molecule has 1 amide bonds. The van der Waals surface area contributed by atoms with Gasteiger partial charge >= 0.3 is 0 Å². The lowest BCUT2D eigenvalue weighted by Crippen LogP contribution is -2.49. The highest BCUT2D eigenvalue weighted by atomic mass is 16.5. The second kappa shape index (κ2) is 5.94. The molecule has 0 saturated carbocycles. The van der Waals surface area contributed by atoms with Crippen LogP contribution in [0.1, 0.15) is 13.3 Å². The Morgan fingerprint density at radius 3 is 3.08 bits per heavy atom. The Balaban J connectivity index is 2.08. The van der Waals surface area contributed by atoms with Gasteiger partial charge in [0.15, 0.2) is 0 Å². The minimum Gasteiger partial charge on any atom is -0.380 e. The largest absolute Gasteiger partial charge is 0.380 e. The fourth-order valence-corrected chi connectivity index (χ4v) is 1.30. The fourth-order valence-electron chi connectivity index (χ4n) is 1.30. The lowest BCUT2D eigenvalue weighted by Gasteiger charge is -2.27. The zero-order valence-corrected chi connectivity index (χ0v) is 8.21. The highest BCUT2D eigenvalue weighted by molar-refractivity contribution is 5.78. The van der Waals surface area contributed by atoms with Crippen LogP contribution in [0.5, 0.6) is 0 Å². The van der Waals surface area contributed by atoms with Crippen LogP contribution in [0.25, 0.3) is 0 Å². The lowest BCUT2D eigenvalue weighted by atomic mass is 10.3. The monoisotopic (exact) mass is 186 g/mol. The molecule has 4 nitrogen and oxygen atoms in total. The molecule has 1 heterocycles. The number of carbonyl (C=O) groups is 1. The van der Waals surface area contributed by atoms with Crippen molar-refractivity contribution in [3.63, 3.8) is 0 Å². The normalized spacial score (nSPS) is 17.9. The summed E-state index contributed by atoms with van der Waals surface area (Å²) in [6, 6.07) is 0. The molecule has 13 heavy (non-hydrogen) atoms. The Hall–Kier alpha value is -0.610. The molecule has 0 aromatic rings. The van der Waals surface area contributed by atoms with E-state index in [0.29, 0.717) is 13.2 Å². The van der Waals surface area contributed by atoms with Crippen LogP contribution in [-0.4, -0.2) is 50.2 Å². The summed E-state index contributed by atoms with van der Waals surface area (Å²) < 4.78 is 5.32. The number of piperazine rings is 1. The van der Waals surface area contributed by atoms with E-state index in [2.05, 4.69) is 12.2 Å². The molecule has 0 aromatic heterocycles. The van der Waals surface area contributed by atoms with Gasteiger partial charge in [-0.1, -0.05) is 6.92 Å². The first-order chi connectivity index (χ1) is 6.34. The van der Waals surface area contributed by atoms with Gasteiger partial charge in [-0.3, -0.25) is 4.79 Å². The molecule has 0 aromatic carbocycles. The lowest BCUT2D eigenvalue weighted by molar-refractivity contribution is -0.132. The molecule has 0 aliphatic carbocycles. The summed E-state index contributed by atoms with van der Waals surface area (Å²) in [7, 11) is 0. The van der Waals surface area contributed by atoms with Crippen LogP contribution < -0.4 is 5.32 Å². The van der Waals surface area contributed by atoms with Crippen LogP contribution in [0.2, 0.25) is 0 Å². The Morgan fingerprint density at radius 1 is 1.54 bits per heavy atom. The number of nitrogens with one attached hydrogen (secondary N) is 1. The molecular formula is C9H18N2O2. The third-order valence-electron chi connectivity index (χ3n) is 2.04. The van der Waals surface area contributed by atoms with Crippen molar-refractivity contribution in [1.29, 1.82) is 0 Å². The first-order valence-electron chi connectivity index (χ1n) is 4.91. The standard InChI is InChI=1S/C9H18N2O2/c1-2-6-13-7-5-11-4-3-10-8-9(11)12/h10H,2-8H2,1H3. The molecule has 1 aliphatic heterocycles. The predicted molar refractivity (Wildman–Crippen MR) is 50.6 cm³/mol. The van der Waals surface area contributed by atoms with E-state index in [1.165, 1.54) is 0 Å². The van der Waals surface area contributed by atoms with Crippen LogP contribution in [0.4, 0.5) is 0 Å². The summed E-state index contributed by atoms with van der Waals surface area (Å²) in [5.74, 6) is 0.186. The van der Waals surface area contributed by atoms with Crippen molar-refractivity contribution in [2.75, 3.05) is 39.4 Å². The average Bonchev–Trinajstić information content (AvgIpc) is 2.15. The molecule has 1 fully saturated rings. The highest BCUT2D eigenvalue weighted by Crippen LogP contribution is 1.94.